The van der Waals surface area contributed by atoms with Crippen molar-refractivity contribution in [2.45, 2.75) is 24.5 Å². The molecule has 0 spiro atoms. The fourth-order valence-electron chi connectivity index (χ4n) is 2.48. The highest BCUT2D eigenvalue weighted by molar-refractivity contribution is 7.60. The average Bonchev–Trinajstić information content (AvgIpc) is 3.07. The number of hydrogen-bond donors (Lipinski definition) is 6. The molecule has 15 nitrogen and oxygen atoms in total. The Morgan fingerprint density at radius 1 is 1.19 bits per heavy atom. The van der Waals surface area contributed by atoms with E-state index in [4.69, 9.17) is 20.3 Å². The van der Waals surface area contributed by atoms with Crippen molar-refractivity contribution < 1.29 is 47.6 Å². The maximum absolute atomic E-state index is 11.5. The molecule has 0 bridgehead atoms. The van der Waals surface area contributed by atoms with Crippen molar-refractivity contribution in [2.24, 2.45) is 0 Å². The molecular formula is C10H15N5O10P2. The van der Waals surface area contributed by atoms with Gasteiger partial charge in [0.25, 0.3) is 0 Å². The lowest BCUT2D eigenvalue weighted by molar-refractivity contribution is -0.0503. The summed E-state index contributed by atoms with van der Waals surface area (Å²) < 4.78 is 36.8. The molecule has 0 saturated carbocycles. The van der Waals surface area contributed by atoms with Gasteiger partial charge in [0.05, 0.1) is 12.9 Å². The summed E-state index contributed by atoms with van der Waals surface area (Å²) in [6.45, 7) is -0.813. The first-order valence-electron chi connectivity index (χ1n) is 7.17. The number of phosphoric acid groups is 2. The molecule has 7 N–H and O–H groups in total. The Morgan fingerprint density at radius 3 is 2.56 bits per heavy atom. The van der Waals surface area contributed by atoms with Gasteiger partial charge >= 0.3 is 15.6 Å². The van der Waals surface area contributed by atoms with Gasteiger partial charge in [-0.15, -0.1) is 0 Å². The Hall–Kier alpha value is -1.51. The topological polar surface area (TPSA) is 233 Å². The number of aliphatic hydroxyl groups excluding tert-OH is 2. The first kappa shape index (κ1) is 20.2. The van der Waals surface area contributed by atoms with Gasteiger partial charge in [-0.1, -0.05) is 0 Å². The van der Waals surface area contributed by atoms with E-state index in [9.17, 15) is 24.2 Å². The van der Waals surface area contributed by atoms with Crippen LogP contribution in [-0.4, -0.2) is 69.3 Å². The van der Waals surface area contributed by atoms with Crippen LogP contribution in [0, 0.1) is 0 Å². The lowest BCUT2D eigenvalue weighted by atomic mass is 10.1. The van der Waals surface area contributed by atoms with E-state index in [1.165, 1.54) is 10.9 Å². The molecule has 0 aromatic carbocycles. The molecule has 0 amide bonds. The van der Waals surface area contributed by atoms with Gasteiger partial charge in [-0.05, 0) is 0 Å². The van der Waals surface area contributed by atoms with Crippen LogP contribution in [0.15, 0.2) is 12.7 Å². The summed E-state index contributed by atoms with van der Waals surface area (Å²) in [5, 5.41) is 20.3. The van der Waals surface area contributed by atoms with Crippen molar-refractivity contribution in [3.8, 4) is 0 Å². The highest BCUT2D eigenvalue weighted by Crippen LogP contribution is 2.57. The summed E-state index contributed by atoms with van der Waals surface area (Å²) in [6.07, 6.45) is -3.20. The summed E-state index contributed by atoms with van der Waals surface area (Å²) in [5.41, 5.74) is 6.11. The normalized spacial score (nSPS) is 28.5. The zero-order valence-electron chi connectivity index (χ0n) is 13.2. The molecule has 1 aliphatic rings. The fraction of sp³-hybridized carbons (Fsp3) is 0.500. The van der Waals surface area contributed by atoms with Crippen LogP contribution in [0.5, 0.6) is 0 Å². The van der Waals surface area contributed by atoms with Gasteiger partial charge in [-0.25, -0.2) is 24.1 Å². The molecule has 5 atom stereocenters. The highest BCUT2D eigenvalue weighted by Gasteiger charge is 2.46. The van der Waals surface area contributed by atoms with Crippen molar-refractivity contribution in [3.05, 3.63) is 12.7 Å². The second kappa shape index (κ2) is 7.14. The minimum atomic E-state index is -5.29. The number of nitrogens with zero attached hydrogens (tertiary/aromatic N) is 4. The largest absolute Gasteiger partial charge is 0.481 e. The molecule has 2 aromatic rings. The van der Waals surface area contributed by atoms with Gasteiger partial charge < -0.3 is 35.4 Å². The first-order chi connectivity index (χ1) is 12.5. The van der Waals surface area contributed by atoms with E-state index >= 15 is 0 Å². The number of hydrogen-bond acceptors (Lipinski definition) is 11. The Labute approximate surface area is 150 Å². The smallest absolute Gasteiger partial charge is 0.387 e. The van der Waals surface area contributed by atoms with E-state index in [2.05, 4.69) is 23.8 Å². The number of fused-ring (bicyclic) bond motifs is 1. The van der Waals surface area contributed by atoms with Crippen molar-refractivity contribution in [1.29, 1.82) is 0 Å². The van der Waals surface area contributed by atoms with Gasteiger partial charge in [0.15, 0.2) is 17.7 Å². The van der Waals surface area contributed by atoms with E-state index < -0.39 is 46.8 Å². The number of ether oxygens (including phenoxy) is 1. The van der Waals surface area contributed by atoms with E-state index in [0.717, 1.165) is 6.33 Å². The number of rotatable bonds is 6. The number of aromatic nitrogens is 4. The molecular weight excluding hydrogens is 412 g/mol. The monoisotopic (exact) mass is 427 g/mol. The lowest BCUT2D eigenvalue weighted by Crippen LogP contribution is -2.33. The van der Waals surface area contributed by atoms with E-state index in [1.54, 1.807) is 0 Å². The van der Waals surface area contributed by atoms with E-state index in [-0.39, 0.29) is 17.0 Å². The van der Waals surface area contributed by atoms with Crippen LogP contribution in [0.1, 0.15) is 6.23 Å². The molecule has 1 fully saturated rings. The Bertz CT molecular complexity index is 932. The maximum atomic E-state index is 11.5. The van der Waals surface area contributed by atoms with E-state index in [0.29, 0.717) is 0 Å². The molecule has 2 aromatic heterocycles. The number of nitrogen functional groups attached to an aromatic ring is 1. The van der Waals surface area contributed by atoms with Crippen molar-refractivity contribution >= 4 is 32.6 Å². The Balaban J connectivity index is 1.75. The van der Waals surface area contributed by atoms with Crippen molar-refractivity contribution in [3.63, 3.8) is 0 Å². The quantitative estimate of drug-likeness (QED) is 0.281. The number of nitrogens with two attached hydrogens (primary N) is 1. The van der Waals surface area contributed by atoms with Crippen LogP contribution in [0.3, 0.4) is 0 Å². The molecule has 3 heterocycles. The van der Waals surface area contributed by atoms with Crippen LogP contribution in [0.2, 0.25) is 0 Å². The van der Waals surface area contributed by atoms with Crippen molar-refractivity contribution in [2.75, 3.05) is 12.3 Å². The van der Waals surface area contributed by atoms with Gasteiger partial charge in [-0.2, -0.15) is 4.31 Å². The minimum absolute atomic E-state index is 0.0856. The molecule has 27 heavy (non-hydrogen) atoms. The third-order valence-electron chi connectivity index (χ3n) is 3.61. The Kier molecular flexibility index (Phi) is 5.35. The fourth-order valence-corrected chi connectivity index (χ4v) is 4.08. The van der Waals surface area contributed by atoms with Crippen molar-refractivity contribution in [1.82, 2.24) is 19.5 Å². The number of imidazole rings is 1. The maximum Gasteiger partial charge on any atom is 0.481 e. The summed E-state index contributed by atoms with van der Waals surface area (Å²) >= 11 is 0. The molecule has 1 saturated heterocycles. The molecule has 150 valence electrons. The first-order valence-corrected chi connectivity index (χ1v) is 10.2. The summed E-state index contributed by atoms with van der Waals surface area (Å²) in [6, 6.07) is 0. The molecule has 2 unspecified atom stereocenters. The Morgan fingerprint density at radius 2 is 1.89 bits per heavy atom. The summed E-state index contributed by atoms with van der Waals surface area (Å²) in [4.78, 5) is 38.1. The molecule has 0 aliphatic carbocycles. The van der Waals surface area contributed by atoms with Crippen LogP contribution in [0.25, 0.3) is 11.2 Å². The third-order valence-corrected chi connectivity index (χ3v) is 5.76. The van der Waals surface area contributed by atoms with Gasteiger partial charge in [0, 0.05) is 0 Å². The second-order valence-electron chi connectivity index (χ2n) is 5.47. The SMILES string of the molecule is Nc1ncnc2c1ncn2[C@@H]1O[C@H](COP(=O)(O)OP(=O)(O)O)C(O)[C@@H]1O. The predicted molar refractivity (Wildman–Crippen MR) is 84.6 cm³/mol. The second-order valence-corrected chi connectivity index (χ2v) is 8.30. The molecule has 3 rings (SSSR count). The van der Waals surface area contributed by atoms with E-state index in [1.807, 2.05) is 0 Å². The van der Waals surface area contributed by atoms with Crippen LogP contribution in [-0.2, 0) is 22.7 Å². The highest BCUT2D eigenvalue weighted by atomic mass is 31.3. The zero-order valence-corrected chi connectivity index (χ0v) is 15.0. The van der Waals surface area contributed by atoms with Crippen LogP contribution in [0.4, 0.5) is 5.82 Å². The van der Waals surface area contributed by atoms with Gasteiger partial charge in [-0.3, -0.25) is 9.09 Å². The van der Waals surface area contributed by atoms with Crippen LogP contribution < -0.4 is 5.73 Å². The number of anilines is 1. The van der Waals surface area contributed by atoms with Crippen LogP contribution >= 0.6 is 15.6 Å². The third kappa shape index (κ3) is 4.33. The molecule has 17 heteroatoms. The zero-order chi connectivity index (χ0) is 20.0. The number of aliphatic hydroxyl groups is 2. The molecule has 1 aliphatic heterocycles. The lowest BCUT2D eigenvalue weighted by Gasteiger charge is -2.17. The predicted octanol–water partition coefficient (Wildman–Crippen LogP) is -1.75. The summed E-state index contributed by atoms with van der Waals surface area (Å²) in [5.74, 6) is 0.0856. The minimum Gasteiger partial charge on any atom is -0.387 e. The molecule has 0 radical (unpaired) electrons. The number of phosphoric ester groups is 1. The average molecular weight is 427 g/mol. The van der Waals surface area contributed by atoms with Gasteiger partial charge in [0.1, 0.15) is 30.2 Å². The standard InChI is InChI=1S/C10H15N5O10P2/c11-8-5-9(13-2-12-8)15(3-14-5)10-7(17)6(16)4(24-10)1-23-27(21,22)25-26(18,19)20/h2-4,6-7,10,16-17H,1H2,(H,21,22)(H2,11,12,13)(H2,18,19,20)/t4-,6?,7+,10-/m1/s1. The summed E-state index contributed by atoms with van der Waals surface area (Å²) in [7, 11) is -10.4. The van der Waals surface area contributed by atoms with Gasteiger partial charge in [0.2, 0.25) is 0 Å².